The molecule has 114 valence electrons. The Morgan fingerprint density at radius 1 is 1.33 bits per heavy atom. The summed E-state index contributed by atoms with van der Waals surface area (Å²) in [6, 6.07) is 4.57. The quantitative estimate of drug-likeness (QED) is 0.910. The lowest BCUT2D eigenvalue weighted by Gasteiger charge is -2.14. The average molecular weight is 308 g/mol. The fraction of sp³-hybridized carbons (Fsp3) is 0.438. The van der Waals surface area contributed by atoms with Crippen molar-refractivity contribution in [2.75, 3.05) is 7.05 Å². The number of ether oxygens (including phenoxy) is 1. The van der Waals surface area contributed by atoms with Gasteiger partial charge in [-0.2, -0.15) is 0 Å². The fourth-order valence-corrected chi connectivity index (χ4v) is 2.81. The van der Waals surface area contributed by atoms with Crippen molar-refractivity contribution in [1.29, 1.82) is 0 Å². The second-order valence-corrected chi connectivity index (χ2v) is 6.89. The van der Waals surface area contributed by atoms with E-state index < -0.39 is 0 Å². The maximum absolute atomic E-state index is 13.3. The first-order valence-corrected chi connectivity index (χ1v) is 7.79. The van der Waals surface area contributed by atoms with Gasteiger partial charge in [0.15, 0.2) is 0 Å². The van der Waals surface area contributed by atoms with E-state index in [1.165, 1.54) is 12.1 Å². The van der Waals surface area contributed by atoms with Crippen molar-refractivity contribution in [3.8, 4) is 5.75 Å². The third-order valence-corrected chi connectivity index (χ3v) is 3.88. The summed E-state index contributed by atoms with van der Waals surface area (Å²) < 4.78 is 19.1. The third kappa shape index (κ3) is 4.25. The maximum Gasteiger partial charge on any atom is 0.140 e. The molecule has 1 N–H and O–H groups in total. The van der Waals surface area contributed by atoms with E-state index in [1.54, 1.807) is 17.4 Å². The van der Waals surface area contributed by atoms with E-state index in [0.717, 1.165) is 16.3 Å². The highest BCUT2D eigenvalue weighted by Gasteiger charge is 2.17. The number of benzene rings is 1. The van der Waals surface area contributed by atoms with Crippen LogP contribution in [0, 0.1) is 5.82 Å². The summed E-state index contributed by atoms with van der Waals surface area (Å²) in [5.41, 5.74) is 1.92. The molecule has 0 unspecified atom stereocenters. The molecule has 1 aromatic heterocycles. The van der Waals surface area contributed by atoms with Gasteiger partial charge in [0, 0.05) is 22.9 Å². The first kappa shape index (κ1) is 15.9. The standard InChI is InChI=1S/C16H21FN2OS/c1-16(2,3)14-10-21-15(19-14)9-20-13-6-5-12(17)7-11(13)8-18-4/h5-7,10,18H,8-9H2,1-4H3. The van der Waals surface area contributed by atoms with Gasteiger partial charge < -0.3 is 10.1 Å². The van der Waals surface area contributed by atoms with Crippen LogP contribution in [0.2, 0.25) is 0 Å². The minimum absolute atomic E-state index is 0.0436. The first-order chi connectivity index (χ1) is 9.90. The van der Waals surface area contributed by atoms with Gasteiger partial charge in [0.1, 0.15) is 23.2 Å². The zero-order valence-electron chi connectivity index (χ0n) is 12.9. The van der Waals surface area contributed by atoms with E-state index in [0.29, 0.717) is 18.9 Å². The minimum Gasteiger partial charge on any atom is -0.486 e. The van der Waals surface area contributed by atoms with E-state index in [1.807, 2.05) is 7.05 Å². The molecular formula is C16H21FN2OS. The van der Waals surface area contributed by atoms with Crippen molar-refractivity contribution in [3.63, 3.8) is 0 Å². The van der Waals surface area contributed by atoms with Crippen LogP contribution in [0.4, 0.5) is 4.39 Å². The normalized spacial score (nSPS) is 11.7. The molecule has 0 radical (unpaired) electrons. The lowest BCUT2D eigenvalue weighted by Crippen LogP contribution is -2.12. The fourth-order valence-electron chi connectivity index (χ4n) is 1.88. The first-order valence-electron chi connectivity index (χ1n) is 6.91. The number of halogens is 1. The zero-order valence-corrected chi connectivity index (χ0v) is 13.7. The van der Waals surface area contributed by atoms with Crippen molar-refractivity contribution < 1.29 is 9.13 Å². The highest BCUT2D eigenvalue weighted by Crippen LogP contribution is 2.25. The molecule has 0 atom stereocenters. The second-order valence-electron chi connectivity index (χ2n) is 5.95. The van der Waals surface area contributed by atoms with Crippen molar-refractivity contribution in [1.82, 2.24) is 10.3 Å². The molecule has 21 heavy (non-hydrogen) atoms. The molecule has 0 fully saturated rings. The van der Waals surface area contributed by atoms with Crippen molar-refractivity contribution in [3.05, 3.63) is 45.7 Å². The highest BCUT2D eigenvalue weighted by atomic mass is 32.1. The van der Waals surface area contributed by atoms with Crippen LogP contribution in [0.15, 0.2) is 23.6 Å². The van der Waals surface area contributed by atoms with Crippen molar-refractivity contribution in [2.24, 2.45) is 0 Å². The van der Waals surface area contributed by atoms with Crippen LogP contribution in [0.3, 0.4) is 0 Å². The van der Waals surface area contributed by atoms with Gasteiger partial charge in [0.2, 0.25) is 0 Å². The molecule has 0 amide bonds. The molecule has 2 rings (SSSR count). The Balaban J connectivity index is 2.08. The maximum atomic E-state index is 13.3. The topological polar surface area (TPSA) is 34.1 Å². The summed E-state index contributed by atoms with van der Waals surface area (Å²) >= 11 is 1.59. The van der Waals surface area contributed by atoms with Crippen LogP contribution in [-0.2, 0) is 18.6 Å². The average Bonchev–Trinajstić information content (AvgIpc) is 2.87. The summed E-state index contributed by atoms with van der Waals surface area (Å²) in [6.45, 7) is 7.38. The van der Waals surface area contributed by atoms with E-state index in [2.05, 4.69) is 36.5 Å². The molecule has 0 aliphatic heterocycles. The summed E-state index contributed by atoms with van der Waals surface area (Å²) in [4.78, 5) is 4.59. The number of hydrogen-bond acceptors (Lipinski definition) is 4. The molecule has 2 aromatic rings. The molecule has 0 aliphatic carbocycles. The van der Waals surface area contributed by atoms with Gasteiger partial charge in [-0.15, -0.1) is 11.3 Å². The van der Waals surface area contributed by atoms with E-state index in [9.17, 15) is 4.39 Å². The van der Waals surface area contributed by atoms with Crippen LogP contribution in [-0.4, -0.2) is 12.0 Å². The number of thiazole rings is 1. The van der Waals surface area contributed by atoms with Gasteiger partial charge in [-0.1, -0.05) is 20.8 Å². The summed E-state index contributed by atoms with van der Waals surface area (Å²) in [6.07, 6.45) is 0. The Bertz CT molecular complexity index is 605. The number of nitrogens with zero attached hydrogens (tertiary/aromatic N) is 1. The highest BCUT2D eigenvalue weighted by molar-refractivity contribution is 7.09. The Kier molecular flexibility index (Phi) is 4.96. The molecule has 0 aliphatic rings. The Labute approximate surface area is 129 Å². The third-order valence-electron chi connectivity index (χ3n) is 3.06. The molecule has 0 saturated heterocycles. The number of rotatable bonds is 5. The Morgan fingerprint density at radius 2 is 2.10 bits per heavy atom. The molecular weight excluding hydrogens is 287 g/mol. The molecule has 0 saturated carbocycles. The zero-order chi connectivity index (χ0) is 15.5. The van der Waals surface area contributed by atoms with Crippen molar-refractivity contribution in [2.45, 2.75) is 39.3 Å². The van der Waals surface area contributed by atoms with Gasteiger partial charge in [-0.05, 0) is 25.2 Å². The second kappa shape index (κ2) is 6.54. The molecule has 1 aromatic carbocycles. The monoisotopic (exact) mass is 308 g/mol. The molecule has 0 bridgehead atoms. The van der Waals surface area contributed by atoms with Crippen LogP contribution < -0.4 is 10.1 Å². The van der Waals surface area contributed by atoms with Crippen LogP contribution in [0.1, 0.15) is 37.0 Å². The van der Waals surface area contributed by atoms with E-state index >= 15 is 0 Å². The lowest BCUT2D eigenvalue weighted by atomic mass is 9.93. The lowest BCUT2D eigenvalue weighted by molar-refractivity contribution is 0.300. The van der Waals surface area contributed by atoms with Crippen LogP contribution >= 0.6 is 11.3 Å². The Morgan fingerprint density at radius 3 is 2.71 bits per heavy atom. The van der Waals surface area contributed by atoms with Crippen LogP contribution in [0.25, 0.3) is 0 Å². The van der Waals surface area contributed by atoms with E-state index in [4.69, 9.17) is 4.74 Å². The molecule has 1 heterocycles. The Hall–Kier alpha value is -1.46. The minimum atomic E-state index is -0.253. The summed E-state index contributed by atoms with van der Waals surface area (Å²) in [7, 11) is 1.82. The SMILES string of the molecule is CNCc1cc(F)ccc1OCc1nc(C(C)(C)C)cs1. The molecule has 3 nitrogen and oxygen atoms in total. The smallest absolute Gasteiger partial charge is 0.140 e. The van der Waals surface area contributed by atoms with Gasteiger partial charge in [0.25, 0.3) is 0 Å². The van der Waals surface area contributed by atoms with Gasteiger partial charge in [0.05, 0.1) is 5.69 Å². The molecule has 0 spiro atoms. The van der Waals surface area contributed by atoms with Gasteiger partial charge in [-0.25, -0.2) is 9.37 Å². The number of hydrogen-bond donors (Lipinski definition) is 1. The number of aromatic nitrogens is 1. The summed E-state index contributed by atoms with van der Waals surface area (Å²) in [5, 5.41) is 6.01. The van der Waals surface area contributed by atoms with Crippen LogP contribution in [0.5, 0.6) is 5.75 Å². The predicted molar refractivity (Wildman–Crippen MR) is 84.3 cm³/mol. The largest absolute Gasteiger partial charge is 0.486 e. The predicted octanol–water partition coefficient (Wildman–Crippen LogP) is 3.88. The van der Waals surface area contributed by atoms with E-state index in [-0.39, 0.29) is 11.2 Å². The molecule has 5 heteroatoms. The van der Waals surface area contributed by atoms with Gasteiger partial charge >= 0.3 is 0 Å². The number of nitrogens with one attached hydrogen (secondary N) is 1. The van der Waals surface area contributed by atoms with Gasteiger partial charge in [-0.3, -0.25) is 0 Å². The van der Waals surface area contributed by atoms with Crippen molar-refractivity contribution >= 4 is 11.3 Å². The summed E-state index contributed by atoms with van der Waals surface area (Å²) in [5.74, 6) is 0.440.